The molecule has 0 aliphatic rings. The van der Waals surface area contributed by atoms with E-state index in [-0.39, 0.29) is 0 Å². The van der Waals surface area contributed by atoms with Crippen LogP contribution in [0.4, 0.5) is 5.69 Å². The lowest BCUT2D eigenvalue weighted by atomic mass is 10.1. The monoisotopic (exact) mass is 176 g/mol. The molecule has 2 rings (SSSR count). The van der Waals surface area contributed by atoms with Gasteiger partial charge in [0, 0.05) is 17.1 Å². The minimum atomic E-state index is 0.664. The molecule has 0 saturated heterocycles. The number of rotatable bonds is 1. The number of hydrogen-bond acceptors (Lipinski definition) is 2. The Morgan fingerprint density at radius 3 is 2.85 bits per heavy atom. The molecule has 3 heteroatoms. The Morgan fingerprint density at radius 2 is 2.15 bits per heavy atom. The molecule has 0 atom stereocenters. The summed E-state index contributed by atoms with van der Waals surface area (Å²) >= 11 is 0. The third kappa shape index (κ3) is 1.13. The topological polar surface area (TPSA) is 51.0 Å². The third-order valence-electron chi connectivity index (χ3n) is 2.24. The van der Waals surface area contributed by atoms with Crippen LogP contribution in [0.5, 0.6) is 5.75 Å². The number of hydrogen-bond donors (Lipinski definition) is 2. The molecule has 0 unspecified atom stereocenters. The highest BCUT2D eigenvalue weighted by Crippen LogP contribution is 2.28. The zero-order valence-electron chi connectivity index (χ0n) is 7.72. The smallest absolute Gasteiger partial charge is 0.142 e. The van der Waals surface area contributed by atoms with Crippen LogP contribution in [-0.2, 0) is 0 Å². The number of nitrogens with one attached hydrogen (secondary N) is 1. The van der Waals surface area contributed by atoms with Crippen molar-refractivity contribution in [2.75, 3.05) is 12.8 Å². The number of ether oxygens (including phenoxy) is 1. The Labute approximate surface area is 76.5 Å². The van der Waals surface area contributed by atoms with E-state index >= 15 is 0 Å². The highest BCUT2D eigenvalue weighted by Gasteiger charge is 2.04. The van der Waals surface area contributed by atoms with Crippen molar-refractivity contribution in [3.63, 3.8) is 0 Å². The van der Waals surface area contributed by atoms with Crippen LogP contribution in [0, 0.1) is 6.92 Å². The van der Waals surface area contributed by atoms with Gasteiger partial charge in [-0.1, -0.05) is 0 Å². The Balaban J connectivity index is 2.77. The molecular formula is C10H12N2O. The minimum absolute atomic E-state index is 0.664. The SMILES string of the molecule is COc1cc2c(C)c[nH]c2cc1N. The average molecular weight is 176 g/mol. The van der Waals surface area contributed by atoms with Crippen molar-refractivity contribution in [2.24, 2.45) is 0 Å². The lowest BCUT2D eigenvalue weighted by Crippen LogP contribution is -1.91. The van der Waals surface area contributed by atoms with Gasteiger partial charge < -0.3 is 15.5 Å². The Kier molecular flexibility index (Phi) is 1.65. The van der Waals surface area contributed by atoms with E-state index in [4.69, 9.17) is 10.5 Å². The molecule has 1 heterocycles. The fourth-order valence-electron chi connectivity index (χ4n) is 1.48. The fraction of sp³-hybridized carbons (Fsp3) is 0.200. The van der Waals surface area contributed by atoms with Crippen LogP contribution >= 0.6 is 0 Å². The van der Waals surface area contributed by atoms with E-state index in [0.29, 0.717) is 5.69 Å². The lowest BCUT2D eigenvalue weighted by Gasteiger charge is -2.04. The lowest BCUT2D eigenvalue weighted by molar-refractivity contribution is 0.417. The Morgan fingerprint density at radius 1 is 1.38 bits per heavy atom. The summed E-state index contributed by atoms with van der Waals surface area (Å²) in [6.07, 6.45) is 1.96. The number of fused-ring (bicyclic) bond motifs is 1. The van der Waals surface area contributed by atoms with Gasteiger partial charge in [-0.3, -0.25) is 0 Å². The van der Waals surface area contributed by atoms with Crippen LogP contribution in [0.3, 0.4) is 0 Å². The molecule has 0 fully saturated rings. The summed E-state index contributed by atoms with van der Waals surface area (Å²) in [6.45, 7) is 2.05. The molecule has 68 valence electrons. The van der Waals surface area contributed by atoms with Gasteiger partial charge in [-0.25, -0.2) is 0 Å². The molecule has 0 saturated carbocycles. The van der Waals surface area contributed by atoms with Crippen molar-refractivity contribution in [2.45, 2.75) is 6.92 Å². The molecule has 3 nitrogen and oxygen atoms in total. The quantitative estimate of drug-likeness (QED) is 0.653. The van der Waals surface area contributed by atoms with Gasteiger partial charge in [-0.15, -0.1) is 0 Å². The number of methoxy groups -OCH3 is 1. The van der Waals surface area contributed by atoms with Crippen molar-refractivity contribution in [1.82, 2.24) is 4.98 Å². The maximum Gasteiger partial charge on any atom is 0.142 e. The van der Waals surface area contributed by atoms with Gasteiger partial charge in [0.1, 0.15) is 5.75 Å². The maximum atomic E-state index is 5.76. The van der Waals surface area contributed by atoms with E-state index in [1.54, 1.807) is 7.11 Å². The number of nitrogens with two attached hydrogens (primary N) is 1. The molecule has 0 radical (unpaired) electrons. The van der Waals surface area contributed by atoms with Gasteiger partial charge in [-0.2, -0.15) is 0 Å². The number of benzene rings is 1. The van der Waals surface area contributed by atoms with Gasteiger partial charge in [-0.05, 0) is 24.6 Å². The molecule has 0 aliphatic carbocycles. The number of anilines is 1. The highest BCUT2D eigenvalue weighted by molar-refractivity contribution is 5.88. The zero-order valence-corrected chi connectivity index (χ0v) is 7.72. The Bertz CT molecular complexity index is 445. The van der Waals surface area contributed by atoms with Crippen LogP contribution in [0.25, 0.3) is 10.9 Å². The van der Waals surface area contributed by atoms with Crippen molar-refractivity contribution >= 4 is 16.6 Å². The normalized spacial score (nSPS) is 10.6. The van der Waals surface area contributed by atoms with Crippen molar-refractivity contribution in [3.8, 4) is 5.75 Å². The molecule has 13 heavy (non-hydrogen) atoms. The molecule has 0 aliphatic heterocycles. The molecule has 0 spiro atoms. The summed E-state index contributed by atoms with van der Waals surface area (Å²) < 4.78 is 5.14. The van der Waals surface area contributed by atoms with Crippen molar-refractivity contribution in [1.29, 1.82) is 0 Å². The van der Waals surface area contributed by atoms with Crippen LogP contribution in [0.2, 0.25) is 0 Å². The predicted octanol–water partition coefficient (Wildman–Crippen LogP) is 2.07. The first-order chi connectivity index (χ1) is 6.22. The number of aromatic nitrogens is 1. The van der Waals surface area contributed by atoms with Gasteiger partial charge in [0.25, 0.3) is 0 Å². The first-order valence-electron chi connectivity index (χ1n) is 4.13. The van der Waals surface area contributed by atoms with E-state index in [2.05, 4.69) is 11.9 Å². The molecule has 1 aromatic heterocycles. The van der Waals surface area contributed by atoms with Crippen LogP contribution in [0.1, 0.15) is 5.56 Å². The molecule has 1 aromatic carbocycles. The second kappa shape index (κ2) is 2.69. The summed E-state index contributed by atoms with van der Waals surface area (Å²) in [6, 6.07) is 3.84. The third-order valence-corrected chi connectivity index (χ3v) is 2.24. The summed E-state index contributed by atoms with van der Waals surface area (Å²) in [5.74, 6) is 0.732. The van der Waals surface area contributed by atoms with Crippen LogP contribution in [0.15, 0.2) is 18.3 Å². The fourth-order valence-corrected chi connectivity index (χ4v) is 1.48. The average Bonchev–Trinajstić information content (AvgIpc) is 2.46. The van der Waals surface area contributed by atoms with Crippen molar-refractivity contribution < 1.29 is 4.74 Å². The van der Waals surface area contributed by atoms with Gasteiger partial charge in [0.2, 0.25) is 0 Å². The van der Waals surface area contributed by atoms with Gasteiger partial charge in [0.15, 0.2) is 0 Å². The highest BCUT2D eigenvalue weighted by atomic mass is 16.5. The van der Waals surface area contributed by atoms with Gasteiger partial charge >= 0.3 is 0 Å². The number of aryl methyl sites for hydroxylation is 1. The summed E-state index contributed by atoms with van der Waals surface area (Å²) in [7, 11) is 1.62. The van der Waals surface area contributed by atoms with E-state index in [1.807, 2.05) is 18.3 Å². The zero-order chi connectivity index (χ0) is 9.42. The van der Waals surface area contributed by atoms with E-state index in [0.717, 1.165) is 16.7 Å². The van der Waals surface area contributed by atoms with Gasteiger partial charge in [0.05, 0.1) is 12.8 Å². The first-order valence-corrected chi connectivity index (χ1v) is 4.13. The number of H-pyrrole nitrogens is 1. The second-order valence-corrected chi connectivity index (χ2v) is 3.11. The summed E-state index contributed by atoms with van der Waals surface area (Å²) in [5.41, 5.74) is 8.68. The Hall–Kier alpha value is -1.64. The van der Waals surface area contributed by atoms with Crippen LogP contribution in [-0.4, -0.2) is 12.1 Å². The second-order valence-electron chi connectivity index (χ2n) is 3.11. The van der Waals surface area contributed by atoms with Crippen molar-refractivity contribution in [3.05, 3.63) is 23.9 Å². The molecular weight excluding hydrogens is 164 g/mol. The molecule has 3 N–H and O–H groups in total. The molecule has 2 aromatic rings. The standard InChI is InChI=1S/C10H12N2O/c1-6-5-12-9-4-8(11)10(13-2)3-7(6)9/h3-5,12H,11H2,1-2H3. The maximum absolute atomic E-state index is 5.76. The van der Waals surface area contributed by atoms with Crippen LogP contribution < -0.4 is 10.5 Å². The predicted molar refractivity (Wildman–Crippen MR) is 54.0 cm³/mol. The van der Waals surface area contributed by atoms with E-state index in [1.165, 1.54) is 5.56 Å². The molecule has 0 amide bonds. The molecule has 0 bridgehead atoms. The number of aromatic amines is 1. The first kappa shape index (κ1) is 7.98. The summed E-state index contributed by atoms with van der Waals surface area (Å²) in [5, 5.41) is 1.16. The largest absolute Gasteiger partial charge is 0.495 e. The summed E-state index contributed by atoms with van der Waals surface area (Å²) in [4.78, 5) is 3.14. The van der Waals surface area contributed by atoms with E-state index < -0.39 is 0 Å². The number of nitrogen functional groups attached to an aromatic ring is 1. The minimum Gasteiger partial charge on any atom is -0.495 e. The van der Waals surface area contributed by atoms with E-state index in [9.17, 15) is 0 Å².